The second-order valence-corrected chi connectivity index (χ2v) is 7.08. The van der Waals surface area contributed by atoms with Gasteiger partial charge in [0.25, 0.3) is 11.8 Å². The summed E-state index contributed by atoms with van der Waals surface area (Å²) >= 11 is 0. The highest BCUT2D eigenvalue weighted by Crippen LogP contribution is 2.35. The maximum absolute atomic E-state index is 13.1. The lowest BCUT2D eigenvalue weighted by Gasteiger charge is -2.27. The average molecular weight is 383 g/mol. The first kappa shape index (κ1) is 17.3. The predicted octanol–water partition coefficient (Wildman–Crippen LogP) is 4.61. The molecular weight excluding hydrogens is 366 g/mol. The Labute approximate surface area is 167 Å². The first-order chi connectivity index (χ1) is 14.1. The van der Waals surface area contributed by atoms with E-state index in [1.54, 1.807) is 48.5 Å². The Kier molecular flexibility index (Phi) is 3.95. The quantitative estimate of drug-likeness (QED) is 0.668. The molecule has 1 aliphatic heterocycles. The molecule has 0 saturated carbocycles. The van der Waals surface area contributed by atoms with Gasteiger partial charge in [-0.05, 0) is 59.8 Å². The summed E-state index contributed by atoms with van der Waals surface area (Å²) in [5.41, 5.74) is 2.41. The Hall–Kier alpha value is -3.86. The van der Waals surface area contributed by atoms with Gasteiger partial charge < -0.3 is 9.84 Å². The van der Waals surface area contributed by atoms with Gasteiger partial charge in [0.15, 0.2) is 0 Å². The van der Waals surface area contributed by atoms with Crippen molar-refractivity contribution in [2.75, 3.05) is 11.5 Å². The van der Waals surface area contributed by atoms with Gasteiger partial charge in [0.1, 0.15) is 18.1 Å². The molecule has 1 heterocycles. The van der Waals surface area contributed by atoms with Crippen LogP contribution in [0.5, 0.6) is 11.5 Å². The second kappa shape index (κ2) is 6.63. The summed E-state index contributed by atoms with van der Waals surface area (Å²) in [6.45, 7) is 0.503. The molecule has 0 atom stereocenters. The van der Waals surface area contributed by atoms with Crippen molar-refractivity contribution in [2.45, 2.75) is 6.42 Å². The van der Waals surface area contributed by atoms with Gasteiger partial charge >= 0.3 is 0 Å². The van der Waals surface area contributed by atoms with Crippen molar-refractivity contribution in [3.63, 3.8) is 0 Å². The topological polar surface area (TPSA) is 66.8 Å². The largest absolute Gasteiger partial charge is 0.508 e. The van der Waals surface area contributed by atoms with E-state index in [4.69, 9.17) is 4.74 Å². The number of carbonyl (C=O) groups is 2. The maximum Gasteiger partial charge on any atom is 0.266 e. The molecule has 0 spiro atoms. The fraction of sp³-hybridized carbons (Fsp3) is 0.0833. The average Bonchev–Trinajstić information content (AvgIpc) is 3.25. The summed E-state index contributed by atoms with van der Waals surface area (Å²) in [7, 11) is 0. The summed E-state index contributed by atoms with van der Waals surface area (Å²) in [5.74, 6) is -0.176. The maximum atomic E-state index is 13.1. The monoisotopic (exact) mass is 383 g/mol. The van der Waals surface area contributed by atoms with Crippen molar-refractivity contribution in [1.29, 1.82) is 0 Å². The van der Waals surface area contributed by atoms with E-state index in [0.717, 1.165) is 11.3 Å². The molecular formula is C24H17NO4. The first-order valence-electron chi connectivity index (χ1n) is 9.34. The molecule has 1 N–H and O–H groups in total. The van der Waals surface area contributed by atoms with Gasteiger partial charge in [-0.25, -0.2) is 4.90 Å². The standard InChI is InChI=1S/C24H17NO4/c26-18-12-16-6-3-7-20-22(16)21(13-18)24(28)25(23(20)27)17-8-10-19(11-9-17)29-14-15-4-1-2-5-15/h1-4,6-13,26H,5,14H2. The molecule has 5 nitrogen and oxygen atoms in total. The van der Waals surface area contributed by atoms with Crippen LogP contribution in [0, 0.1) is 0 Å². The molecule has 142 valence electrons. The highest BCUT2D eigenvalue weighted by molar-refractivity contribution is 6.35. The van der Waals surface area contributed by atoms with Crippen LogP contribution in [0.4, 0.5) is 5.69 Å². The van der Waals surface area contributed by atoms with Crippen LogP contribution in [0.25, 0.3) is 10.8 Å². The van der Waals surface area contributed by atoms with Crippen molar-refractivity contribution >= 4 is 28.3 Å². The normalized spacial score (nSPS) is 15.2. The number of amides is 2. The molecule has 5 rings (SSSR count). The van der Waals surface area contributed by atoms with Gasteiger partial charge in [0.2, 0.25) is 0 Å². The minimum atomic E-state index is -0.453. The highest BCUT2D eigenvalue weighted by atomic mass is 16.5. The van der Waals surface area contributed by atoms with Crippen LogP contribution < -0.4 is 9.64 Å². The Bertz CT molecular complexity index is 1220. The number of ether oxygens (including phenoxy) is 1. The molecule has 5 heteroatoms. The van der Waals surface area contributed by atoms with E-state index in [-0.39, 0.29) is 11.7 Å². The third kappa shape index (κ3) is 2.88. The Morgan fingerprint density at radius 1 is 0.966 bits per heavy atom. The van der Waals surface area contributed by atoms with E-state index in [2.05, 4.69) is 6.08 Å². The third-order valence-corrected chi connectivity index (χ3v) is 5.20. The number of phenolic OH excluding ortho intramolecular Hbond substituents is 1. The van der Waals surface area contributed by atoms with Crippen molar-refractivity contribution in [3.8, 4) is 11.5 Å². The smallest absolute Gasteiger partial charge is 0.266 e. The molecule has 0 saturated heterocycles. The zero-order chi connectivity index (χ0) is 20.0. The Morgan fingerprint density at radius 2 is 1.76 bits per heavy atom. The van der Waals surface area contributed by atoms with Gasteiger partial charge in [-0.3, -0.25) is 9.59 Å². The zero-order valence-electron chi connectivity index (χ0n) is 15.5. The predicted molar refractivity (Wildman–Crippen MR) is 111 cm³/mol. The molecule has 0 bridgehead atoms. The lowest BCUT2D eigenvalue weighted by molar-refractivity contribution is 0.0893. The van der Waals surface area contributed by atoms with Gasteiger partial charge in [-0.1, -0.05) is 30.4 Å². The van der Waals surface area contributed by atoms with Crippen LogP contribution in [-0.4, -0.2) is 23.5 Å². The number of allylic oxidation sites excluding steroid dienone is 3. The molecule has 29 heavy (non-hydrogen) atoms. The van der Waals surface area contributed by atoms with E-state index in [0.29, 0.717) is 39.9 Å². The molecule has 0 radical (unpaired) electrons. The summed E-state index contributed by atoms with van der Waals surface area (Å²) in [4.78, 5) is 27.3. The number of hydrogen-bond acceptors (Lipinski definition) is 4. The SMILES string of the molecule is O=C1c2cccc3cc(O)cc(c23)C(=O)N1c1ccc(OCC2=CC=CC2)cc1. The van der Waals surface area contributed by atoms with E-state index in [1.165, 1.54) is 11.6 Å². The number of nitrogens with zero attached hydrogens (tertiary/aromatic N) is 1. The Morgan fingerprint density at radius 3 is 2.52 bits per heavy atom. The van der Waals surface area contributed by atoms with Gasteiger partial charge in [0, 0.05) is 10.9 Å². The zero-order valence-corrected chi connectivity index (χ0v) is 15.5. The molecule has 2 amide bonds. The number of carbonyl (C=O) groups excluding carboxylic acids is 2. The van der Waals surface area contributed by atoms with E-state index >= 15 is 0 Å². The number of anilines is 1. The summed E-state index contributed by atoms with van der Waals surface area (Å²) in [5, 5.41) is 11.2. The number of aromatic hydroxyl groups is 1. The summed E-state index contributed by atoms with van der Waals surface area (Å²) < 4.78 is 5.77. The van der Waals surface area contributed by atoms with E-state index in [9.17, 15) is 14.7 Å². The number of hydrogen-bond donors (Lipinski definition) is 1. The van der Waals surface area contributed by atoms with Gasteiger partial charge in [-0.15, -0.1) is 0 Å². The minimum absolute atomic E-state index is 0.00764. The van der Waals surface area contributed by atoms with Crippen molar-refractivity contribution in [1.82, 2.24) is 0 Å². The van der Waals surface area contributed by atoms with Crippen LogP contribution >= 0.6 is 0 Å². The van der Waals surface area contributed by atoms with Crippen LogP contribution in [-0.2, 0) is 0 Å². The van der Waals surface area contributed by atoms with E-state index < -0.39 is 5.91 Å². The number of imide groups is 1. The van der Waals surface area contributed by atoms with Crippen LogP contribution in [0.2, 0.25) is 0 Å². The number of benzene rings is 3. The first-order valence-corrected chi connectivity index (χ1v) is 9.34. The van der Waals surface area contributed by atoms with Crippen LogP contribution in [0.1, 0.15) is 27.1 Å². The fourth-order valence-corrected chi connectivity index (χ4v) is 3.79. The van der Waals surface area contributed by atoms with Gasteiger partial charge in [-0.2, -0.15) is 0 Å². The van der Waals surface area contributed by atoms with Crippen molar-refractivity contribution in [3.05, 3.63) is 89.5 Å². The van der Waals surface area contributed by atoms with Crippen molar-refractivity contribution < 1.29 is 19.4 Å². The van der Waals surface area contributed by atoms with Gasteiger partial charge in [0.05, 0.1) is 11.3 Å². The number of phenols is 1. The molecule has 0 unspecified atom stereocenters. The molecule has 0 aromatic heterocycles. The summed E-state index contributed by atoms with van der Waals surface area (Å²) in [6.07, 6.45) is 7.01. The number of rotatable bonds is 4. The van der Waals surface area contributed by atoms with E-state index in [1.807, 2.05) is 12.2 Å². The minimum Gasteiger partial charge on any atom is -0.508 e. The Balaban J connectivity index is 1.47. The fourth-order valence-electron chi connectivity index (χ4n) is 3.79. The second-order valence-electron chi connectivity index (χ2n) is 7.08. The van der Waals surface area contributed by atoms with Crippen LogP contribution in [0.15, 0.2) is 78.4 Å². The summed E-state index contributed by atoms with van der Waals surface area (Å²) in [6, 6.07) is 15.1. The lowest BCUT2D eigenvalue weighted by Crippen LogP contribution is -2.40. The third-order valence-electron chi connectivity index (χ3n) is 5.20. The molecule has 2 aliphatic rings. The molecule has 3 aromatic rings. The lowest BCUT2D eigenvalue weighted by atomic mass is 9.93. The highest BCUT2D eigenvalue weighted by Gasteiger charge is 2.34. The van der Waals surface area contributed by atoms with Crippen LogP contribution in [0.3, 0.4) is 0 Å². The molecule has 1 aliphatic carbocycles. The molecule has 0 fully saturated rings. The molecule has 3 aromatic carbocycles. The van der Waals surface area contributed by atoms with Crippen molar-refractivity contribution in [2.24, 2.45) is 0 Å².